The van der Waals surface area contributed by atoms with E-state index in [1.54, 1.807) is 6.07 Å². The molecule has 1 aromatic heterocycles. The Morgan fingerprint density at radius 2 is 1.89 bits per heavy atom. The number of rotatable bonds is 7. The number of hydrogen-bond donors (Lipinski definition) is 2. The van der Waals surface area contributed by atoms with Crippen molar-refractivity contribution in [3.05, 3.63) is 53.6 Å². The van der Waals surface area contributed by atoms with E-state index >= 15 is 8.78 Å². The average Bonchev–Trinajstić information content (AvgIpc) is 3.35. The van der Waals surface area contributed by atoms with E-state index in [2.05, 4.69) is 20.1 Å². The van der Waals surface area contributed by atoms with Crippen LogP contribution < -0.4 is 15.0 Å². The van der Waals surface area contributed by atoms with Gasteiger partial charge < -0.3 is 29.5 Å². The van der Waals surface area contributed by atoms with Gasteiger partial charge in [-0.1, -0.05) is 25.1 Å². The van der Waals surface area contributed by atoms with Gasteiger partial charge in [0.1, 0.15) is 35.6 Å². The molecule has 4 aliphatic rings. The van der Waals surface area contributed by atoms with E-state index in [4.69, 9.17) is 19.2 Å². The fourth-order valence-corrected chi connectivity index (χ4v) is 7.44. The van der Waals surface area contributed by atoms with Crippen LogP contribution in [-0.4, -0.2) is 96.8 Å². The van der Waals surface area contributed by atoms with Gasteiger partial charge in [0.25, 0.3) is 0 Å². The number of morpholine rings is 1. The number of phenols is 1. The zero-order valence-electron chi connectivity index (χ0n) is 25.3. The minimum Gasteiger partial charge on any atom is -0.508 e. The van der Waals surface area contributed by atoms with Gasteiger partial charge in [0.05, 0.1) is 31.4 Å². The second-order valence-corrected chi connectivity index (χ2v) is 12.7. The Kier molecular flexibility index (Phi) is 7.44. The van der Waals surface area contributed by atoms with Crippen LogP contribution >= 0.6 is 0 Å². The molecule has 4 fully saturated rings. The summed E-state index contributed by atoms with van der Waals surface area (Å²) in [5.41, 5.74) is 0.979. The molecule has 0 aliphatic carbocycles. The first kappa shape index (κ1) is 28.8. The summed E-state index contributed by atoms with van der Waals surface area (Å²) < 4.78 is 50.6. The van der Waals surface area contributed by atoms with Gasteiger partial charge in [-0.05, 0) is 59.4 Å². The van der Waals surface area contributed by atoms with Gasteiger partial charge in [0.2, 0.25) is 0 Å². The number of fused-ring (bicyclic) bond motifs is 4. The predicted octanol–water partition coefficient (Wildman–Crippen LogP) is 4.42. The molecular weight excluding hydrogens is 580 g/mol. The minimum atomic E-state index is -0.806. The molecule has 236 valence electrons. The topological polar surface area (TPSA) is 92.2 Å². The van der Waals surface area contributed by atoms with Crippen LogP contribution in [0.15, 0.2) is 36.4 Å². The van der Waals surface area contributed by atoms with Crippen LogP contribution in [0.25, 0.3) is 32.8 Å². The highest BCUT2D eigenvalue weighted by atomic mass is 19.1. The van der Waals surface area contributed by atoms with Crippen LogP contribution in [-0.2, 0) is 15.9 Å². The second-order valence-electron chi connectivity index (χ2n) is 12.7. The van der Waals surface area contributed by atoms with Gasteiger partial charge >= 0.3 is 6.01 Å². The smallest absolute Gasteiger partial charge is 0.319 e. The van der Waals surface area contributed by atoms with E-state index in [1.165, 1.54) is 12.1 Å². The summed E-state index contributed by atoms with van der Waals surface area (Å²) >= 11 is 0. The molecule has 4 aliphatic heterocycles. The lowest BCUT2D eigenvalue weighted by atomic mass is 9.92. The maximum atomic E-state index is 16.8. The number of phenolic OH excluding ortho intramolecular Hbond substituents is 1. The quantitative estimate of drug-likeness (QED) is 0.313. The molecule has 5 heterocycles. The lowest BCUT2D eigenvalue weighted by molar-refractivity contribution is -0.120. The normalized spacial score (nSPS) is 24.0. The number of halogens is 2. The molecule has 0 saturated carbocycles. The molecule has 8 rings (SSSR count). The molecule has 4 saturated heterocycles. The fraction of sp³-hybridized carbons (Fsp3) is 0.471. The highest BCUT2D eigenvalue weighted by Gasteiger charge is 2.35. The van der Waals surface area contributed by atoms with E-state index in [-0.39, 0.29) is 53.2 Å². The first-order chi connectivity index (χ1) is 21.9. The Balaban J connectivity index is 1.22. The lowest BCUT2D eigenvalue weighted by Crippen LogP contribution is -2.56. The zero-order valence-corrected chi connectivity index (χ0v) is 25.3. The molecular formula is C34H37F2N5O4. The van der Waals surface area contributed by atoms with Crippen LogP contribution in [0.3, 0.4) is 0 Å². The molecule has 9 nitrogen and oxygen atoms in total. The van der Waals surface area contributed by atoms with Crippen molar-refractivity contribution in [3.8, 4) is 22.9 Å². The number of aromatic nitrogens is 2. The standard InChI is InChI=1S/C34H37F2N5O4/c1-2-19-4-3-5-20-10-24(42)11-26(29(19)20)30-28(35)12-27-32(31(30)36)38-34(39-33(27)41-13-21-6-7-22(14-41)37-21)45-18-25-15-40(8-9-44-25)23-16-43-17-23/h3-5,10-12,21-23,25,37,42H,2,6-9,13-18H2,1H3/t21?,22?,25-/m1/s1. The number of nitrogens with zero attached hydrogens (tertiary/aromatic N) is 4. The zero-order chi connectivity index (χ0) is 30.7. The maximum absolute atomic E-state index is 16.8. The van der Waals surface area contributed by atoms with Crippen LogP contribution in [0.5, 0.6) is 11.8 Å². The second kappa shape index (κ2) is 11.6. The summed E-state index contributed by atoms with van der Waals surface area (Å²) in [6.07, 6.45) is 2.56. The average molecular weight is 618 g/mol. The summed E-state index contributed by atoms with van der Waals surface area (Å²) in [7, 11) is 0. The van der Waals surface area contributed by atoms with E-state index in [0.717, 1.165) is 38.2 Å². The Bertz CT molecular complexity index is 1760. The first-order valence-corrected chi connectivity index (χ1v) is 16.0. The maximum Gasteiger partial charge on any atom is 0.319 e. The van der Waals surface area contributed by atoms with E-state index in [9.17, 15) is 5.11 Å². The van der Waals surface area contributed by atoms with Crippen LogP contribution in [0.2, 0.25) is 0 Å². The van der Waals surface area contributed by atoms with E-state index in [1.807, 2.05) is 25.1 Å². The minimum absolute atomic E-state index is 0.0134. The van der Waals surface area contributed by atoms with Gasteiger partial charge in [-0.2, -0.15) is 9.97 Å². The van der Waals surface area contributed by atoms with Crippen molar-refractivity contribution < 1.29 is 28.1 Å². The lowest BCUT2D eigenvalue weighted by Gasteiger charge is -2.41. The Morgan fingerprint density at radius 1 is 1.07 bits per heavy atom. The summed E-state index contributed by atoms with van der Waals surface area (Å²) in [6, 6.07) is 11.1. The number of ether oxygens (including phenoxy) is 3. The van der Waals surface area contributed by atoms with Crippen LogP contribution in [0.1, 0.15) is 25.3 Å². The summed E-state index contributed by atoms with van der Waals surface area (Å²) in [5.74, 6) is -1.14. The largest absolute Gasteiger partial charge is 0.508 e. The third-order valence-corrected chi connectivity index (χ3v) is 9.76. The number of anilines is 1. The number of aryl methyl sites for hydroxylation is 1. The number of aromatic hydroxyl groups is 1. The summed E-state index contributed by atoms with van der Waals surface area (Å²) in [6.45, 7) is 7.13. The van der Waals surface area contributed by atoms with Gasteiger partial charge in [0.15, 0.2) is 5.82 Å². The Hall–Kier alpha value is -3.64. The molecule has 45 heavy (non-hydrogen) atoms. The van der Waals surface area contributed by atoms with Crippen molar-refractivity contribution in [2.75, 3.05) is 57.5 Å². The van der Waals surface area contributed by atoms with Crippen molar-refractivity contribution in [1.29, 1.82) is 0 Å². The van der Waals surface area contributed by atoms with Crippen molar-refractivity contribution in [3.63, 3.8) is 0 Å². The first-order valence-electron chi connectivity index (χ1n) is 16.0. The Morgan fingerprint density at radius 3 is 2.64 bits per heavy atom. The molecule has 3 aromatic carbocycles. The molecule has 2 bridgehead atoms. The molecule has 2 unspecified atom stereocenters. The number of hydrogen-bond acceptors (Lipinski definition) is 9. The van der Waals surface area contributed by atoms with Crippen molar-refractivity contribution in [2.45, 2.75) is 50.4 Å². The monoisotopic (exact) mass is 617 g/mol. The number of piperazine rings is 1. The molecule has 11 heteroatoms. The van der Waals surface area contributed by atoms with Crippen molar-refractivity contribution >= 4 is 27.5 Å². The molecule has 3 atom stereocenters. The predicted molar refractivity (Wildman–Crippen MR) is 167 cm³/mol. The van der Waals surface area contributed by atoms with Gasteiger partial charge in [-0.15, -0.1) is 0 Å². The molecule has 4 aromatic rings. The van der Waals surface area contributed by atoms with E-state index < -0.39 is 11.6 Å². The highest BCUT2D eigenvalue weighted by molar-refractivity contribution is 6.03. The van der Waals surface area contributed by atoms with Crippen molar-refractivity contribution in [2.24, 2.45) is 0 Å². The SMILES string of the molecule is CCc1cccc2cc(O)cc(-c3c(F)cc4c(N5CC6CCC(C5)N6)nc(OC[C@H]5CN(C6COC6)CCO5)nc4c3F)c12. The Labute approximate surface area is 260 Å². The van der Waals surface area contributed by atoms with Gasteiger partial charge in [-0.25, -0.2) is 8.78 Å². The number of benzene rings is 3. The fourth-order valence-electron chi connectivity index (χ4n) is 7.44. The third-order valence-electron chi connectivity index (χ3n) is 9.76. The van der Waals surface area contributed by atoms with Gasteiger partial charge in [0, 0.05) is 43.6 Å². The molecule has 2 N–H and O–H groups in total. The van der Waals surface area contributed by atoms with Crippen molar-refractivity contribution in [1.82, 2.24) is 20.2 Å². The summed E-state index contributed by atoms with van der Waals surface area (Å²) in [4.78, 5) is 13.8. The third kappa shape index (κ3) is 5.25. The molecule has 0 spiro atoms. The summed E-state index contributed by atoms with van der Waals surface area (Å²) in [5, 5.41) is 15.9. The van der Waals surface area contributed by atoms with Gasteiger partial charge in [-0.3, -0.25) is 4.90 Å². The molecule has 0 radical (unpaired) electrons. The molecule has 0 amide bonds. The van der Waals surface area contributed by atoms with E-state index in [0.29, 0.717) is 60.7 Å². The van der Waals surface area contributed by atoms with Crippen LogP contribution in [0.4, 0.5) is 14.6 Å². The number of nitrogens with one attached hydrogen (secondary N) is 1. The van der Waals surface area contributed by atoms with Crippen LogP contribution in [0, 0.1) is 11.6 Å². The highest BCUT2D eigenvalue weighted by Crippen LogP contribution is 2.41.